The first-order chi connectivity index (χ1) is 14.3. The van der Waals surface area contributed by atoms with Gasteiger partial charge in [0.05, 0.1) is 6.33 Å². The van der Waals surface area contributed by atoms with E-state index < -0.39 is 45.0 Å². The van der Waals surface area contributed by atoms with Gasteiger partial charge in [0.25, 0.3) is 30.4 Å². The Labute approximate surface area is 179 Å². The van der Waals surface area contributed by atoms with Crippen molar-refractivity contribution in [3.63, 3.8) is 0 Å². The summed E-state index contributed by atoms with van der Waals surface area (Å²) in [5.74, 6) is 0. The molecule has 170 valence electrons. The van der Waals surface area contributed by atoms with Gasteiger partial charge in [-0.1, -0.05) is 37.6 Å². The maximum atomic E-state index is 11.5. The fourth-order valence-corrected chi connectivity index (χ4v) is 6.13. The molecule has 0 unspecified atom stereocenters. The van der Waals surface area contributed by atoms with Gasteiger partial charge < -0.3 is 4.57 Å². The predicted octanol–water partition coefficient (Wildman–Crippen LogP) is 2.26. The van der Waals surface area contributed by atoms with Crippen LogP contribution >= 0.6 is 0 Å². The molecule has 0 fully saturated rings. The largest absolute Gasteiger partial charge is 0.337 e. The molecule has 0 bridgehead atoms. The second kappa shape index (κ2) is 9.42. The molecule has 0 atom stereocenters. The molecule has 3 N–H and O–H groups in total. The van der Waals surface area contributed by atoms with Crippen LogP contribution < -0.4 is 0 Å². The minimum Gasteiger partial charge on any atom is -0.337 e. The Morgan fingerprint density at radius 1 is 0.903 bits per heavy atom. The van der Waals surface area contributed by atoms with Crippen molar-refractivity contribution in [3.05, 3.63) is 49.1 Å². The number of hydrogen-bond acceptors (Lipinski definition) is 7. The Hall–Kier alpha value is -2.36. The van der Waals surface area contributed by atoms with Gasteiger partial charge in [-0.15, -0.1) is 0 Å². The second-order valence-electron chi connectivity index (χ2n) is 6.33. The van der Waals surface area contributed by atoms with Gasteiger partial charge in [0.15, 0.2) is 0 Å². The summed E-state index contributed by atoms with van der Waals surface area (Å²) < 4.78 is 98.1. The average molecular weight is 493 g/mol. The Morgan fingerprint density at radius 3 is 2.00 bits per heavy atom. The standard InChI is InChI=1S/C10H8O9S3.C7H12N2/c11-20(12,13)8-5-6-3-1-2-4-7(6)9(21(14,15)16)10(8)22(17,18)19;1-2-3-5-9-6-4-8-7-9/h1-5H,(H,11,12,13)(H,14,15,16)(H,17,18,19);4,6-7H,2-3,5H2,1H3. The normalized spacial score (nSPS) is 12.4. The van der Waals surface area contributed by atoms with Crippen LogP contribution in [-0.2, 0) is 36.9 Å². The number of aryl methyl sites for hydroxylation is 1. The van der Waals surface area contributed by atoms with E-state index in [0.717, 1.165) is 12.6 Å². The van der Waals surface area contributed by atoms with Gasteiger partial charge in [0, 0.05) is 24.3 Å². The zero-order chi connectivity index (χ0) is 23.4. The minimum atomic E-state index is -5.40. The fourth-order valence-electron chi connectivity index (χ4n) is 2.72. The Morgan fingerprint density at radius 2 is 1.52 bits per heavy atom. The minimum absolute atomic E-state index is 0.0878. The van der Waals surface area contributed by atoms with Crippen molar-refractivity contribution in [1.29, 1.82) is 0 Å². The van der Waals surface area contributed by atoms with E-state index in [9.17, 15) is 29.8 Å². The fraction of sp³-hybridized carbons (Fsp3) is 0.235. The Kier molecular flexibility index (Phi) is 7.57. The van der Waals surface area contributed by atoms with Gasteiger partial charge in [0.1, 0.15) is 14.7 Å². The number of fused-ring (bicyclic) bond motifs is 1. The molecule has 0 aliphatic heterocycles. The van der Waals surface area contributed by atoms with E-state index in [-0.39, 0.29) is 10.8 Å². The molecule has 1 heterocycles. The molecule has 1 aromatic heterocycles. The van der Waals surface area contributed by atoms with Crippen molar-refractivity contribution >= 4 is 41.1 Å². The SMILES string of the molecule is CCCCn1ccnc1.O=S(=O)(O)c1cc2ccccc2c(S(=O)(=O)O)c1S(=O)(=O)O. The summed E-state index contributed by atoms with van der Waals surface area (Å²) in [6.45, 7) is 3.30. The van der Waals surface area contributed by atoms with Crippen LogP contribution in [-0.4, -0.2) is 48.5 Å². The lowest BCUT2D eigenvalue weighted by Crippen LogP contribution is -2.15. The molecule has 3 aromatic rings. The van der Waals surface area contributed by atoms with Crippen molar-refractivity contribution in [2.45, 2.75) is 41.0 Å². The van der Waals surface area contributed by atoms with Crippen LogP contribution in [0.4, 0.5) is 0 Å². The number of aromatic nitrogens is 2. The monoisotopic (exact) mass is 492 g/mol. The predicted molar refractivity (Wildman–Crippen MR) is 111 cm³/mol. The third-order valence-corrected chi connectivity index (χ3v) is 7.06. The zero-order valence-electron chi connectivity index (χ0n) is 16.2. The summed E-state index contributed by atoms with van der Waals surface area (Å²) >= 11 is 0. The third kappa shape index (κ3) is 6.32. The van der Waals surface area contributed by atoms with E-state index in [4.69, 9.17) is 9.11 Å². The number of rotatable bonds is 6. The van der Waals surface area contributed by atoms with Gasteiger partial charge in [-0.2, -0.15) is 25.3 Å². The lowest BCUT2D eigenvalue weighted by molar-refractivity contribution is 0.457. The first-order valence-electron chi connectivity index (χ1n) is 8.70. The van der Waals surface area contributed by atoms with Crippen molar-refractivity contribution in [2.24, 2.45) is 0 Å². The van der Waals surface area contributed by atoms with Gasteiger partial charge in [-0.25, -0.2) is 4.98 Å². The molecule has 2 aromatic carbocycles. The number of hydrogen-bond donors (Lipinski definition) is 3. The van der Waals surface area contributed by atoms with E-state index in [1.807, 2.05) is 18.7 Å². The summed E-state index contributed by atoms with van der Waals surface area (Å²) in [6.07, 6.45) is 8.16. The van der Waals surface area contributed by atoms with Crippen LogP contribution in [0, 0.1) is 0 Å². The number of imidazole rings is 1. The molecule has 14 heteroatoms. The van der Waals surface area contributed by atoms with Crippen LogP contribution in [0.15, 0.2) is 63.7 Å². The van der Waals surface area contributed by atoms with Crippen LogP contribution in [0.25, 0.3) is 10.8 Å². The molecule has 31 heavy (non-hydrogen) atoms. The van der Waals surface area contributed by atoms with Crippen LogP contribution in [0.2, 0.25) is 0 Å². The molecular formula is C17H20N2O9S3. The van der Waals surface area contributed by atoms with E-state index >= 15 is 0 Å². The molecule has 3 rings (SSSR count). The Bertz CT molecular complexity index is 1380. The quantitative estimate of drug-likeness (QED) is 0.432. The molecule has 0 spiro atoms. The number of benzene rings is 2. The van der Waals surface area contributed by atoms with Gasteiger partial charge in [-0.3, -0.25) is 13.7 Å². The zero-order valence-corrected chi connectivity index (χ0v) is 18.6. The lowest BCUT2D eigenvalue weighted by atomic mass is 10.1. The highest BCUT2D eigenvalue weighted by Crippen LogP contribution is 2.35. The number of unbranched alkanes of at least 4 members (excludes halogenated alkanes) is 1. The molecule has 0 aliphatic rings. The summed E-state index contributed by atoms with van der Waals surface area (Å²) in [5.41, 5.74) is 0. The second-order valence-corrected chi connectivity index (χ2v) is 10.4. The topological polar surface area (TPSA) is 181 Å². The maximum absolute atomic E-state index is 11.5. The van der Waals surface area contributed by atoms with Gasteiger partial charge in [-0.05, 0) is 17.9 Å². The summed E-state index contributed by atoms with van der Waals surface area (Å²) in [4.78, 5) is -0.369. The molecule has 11 nitrogen and oxygen atoms in total. The van der Waals surface area contributed by atoms with Gasteiger partial charge >= 0.3 is 0 Å². The highest BCUT2D eigenvalue weighted by Gasteiger charge is 2.34. The van der Waals surface area contributed by atoms with Gasteiger partial charge in [0.2, 0.25) is 0 Å². The lowest BCUT2D eigenvalue weighted by Gasteiger charge is -2.12. The molecule has 0 radical (unpaired) electrons. The van der Waals surface area contributed by atoms with E-state index in [2.05, 4.69) is 16.5 Å². The highest BCUT2D eigenvalue weighted by molar-refractivity contribution is 7.90. The highest BCUT2D eigenvalue weighted by atomic mass is 32.2. The van der Waals surface area contributed by atoms with Crippen molar-refractivity contribution < 1.29 is 38.9 Å². The Balaban J connectivity index is 0.000000316. The first-order valence-corrected chi connectivity index (χ1v) is 13.0. The summed E-state index contributed by atoms with van der Waals surface area (Å²) in [6, 6.07) is 5.69. The molecule has 0 saturated heterocycles. The van der Waals surface area contributed by atoms with Crippen molar-refractivity contribution in [3.8, 4) is 0 Å². The molecule has 0 saturated carbocycles. The smallest absolute Gasteiger partial charge is 0.297 e. The van der Waals surface area contributed by atoms with Crippen LogP contribution in [0.5, 0.6) is 0 Å². The van der Waals surface area contributed by atoms with E-state index in [1.54, 1.807) is 0 Å². The number of nitrogens with zero attached hydrogens (tertiary/aromatic N) is 2. The van der Waals surface area contributed by atoms with Crippen molar-refractivity contribution in [1.82, 2.24) is 9.55 Å². The summed E-state index contributed by atoms with van der Waals surface area (Å²) in [7, 11) is -15.8. The third-order valence-electron chi connectivity index (χ3n) is 4.04. The molecule has 0 aliphatic carbocycles. The summed E-state index contributed by atoms with van der Waals surface area (Å²) in [5, 5.41) is -0.430. The van der Waals surface area contributed by atoms with E-state index in [0.29, 0.717) is 6.07 Å². The van der Waals surface area contributed by atoms with Crippen LogP contribution in [0.1, 0.15) is 19.8 Å². The van der Waals surface area contributed by atoms with Crippen molar-refractivity contribution in [2.75, 3.05) is 0 Å². The molecule has 0 amide bonds. The molecular weight excluding hydrogens is 472 g/mol. The first kappa shape index (κ1) is 24.9. The van der Waals surface area contributed by atoms with E-state index in [1.165, 1.54) is 31.0 Å². The maximum Gasteiger partial charge on any atom is 0.297 e. The van der Waals surface area contributed by atoms with Crippen LogP contribution in [0.3, 0.4) is 0 Å². The average Bonchev–Trinajstić information content (AvgIpc) is 3.16.